The van der Waals surface area contributed by atoms with Gasteiger partial charge in [-0.25, -0.2) is 4.79 Å². The first-order chi connectivity index (χ1) is 18.0. The van der Waals surface area contributed by atoms with Gasteiger partial charge < -0.3 is 14.6 Å². The highest BCUT2D eigenvalue weighted by molar-refractivity contribution is 6.01. The molecule has 2 amide bonds. The fraction of sp³-hybridized carbons (Fsp3) is 0.233. The minimum Gasteiger partial charge on any atom is -0.497 e. The van der Waals surface area contributed by atoms with Crippen molar-refractivity contribution < 1.29 is 14.1 Å². The van der Waals surface area contributed by atoms with Gasteiger partial charge in [-0.05, 0) is 60.7 Å². The number of ether oxygens (including phenoxy) is 1. The third kappa shape index (κ3) is 4.72. The topological polar surface area (TPSA) is 80.5 Å². The number of aryl methyl sites for hydroxylation is 2. The van der Waals surface area contributed by atoms with Crippen molar-refractivity contribution in [1.29, 1.82) is 0 Å². The zero-order valence-corrected chi connectivity index (χ0v) is 21.5. The number of carbonyl (C=O) groups is 1. The second kappa shape index (κ2) is 10.3. The molecule has 5 rings (SSSR count). The van der Waals surface area contributed by atoms with Gasteiger partial charge in [0.05, 0.1) is 24.4 Å². The molecule has 1 aromatic heterocycles. The van der Waals surface area contributed by atoms with Gasteiger partial charge in [0.25, 0.3) is 5.89 Å². The fourth-order valence-corrected chi connectivity index (χ4v) is 4.60. The van der Waals surface area contributed by atoms with E-state index in [0.717, 1.165) is 46.7 Å². The number of nitrogens with zero attached hydrogens (tertiary/aromatic N) is 3. The van der Waals surface area contributed by atoms with Crippen LogP contribution >= 0.6 is 0 Å². The summed E-state index contributed by atoms with van der Waals surface area (Å²) in [5.41, 5.74) is 6.45. The van der Waals surface area contributed by atoms with Crippen LogP contribution in [0.1, 0.15) is 49.4 Å². The van der Waals surface area contributed by atoms with Gasteiger partial charge in [0.1, 0.15) is 5.75 Å². The molecule has 0 bridgehead atoms. The van der Waals surface area contributed by atoms with Gasteiger partial charge >= 0.3 is 6.03 Å². The minimum absolute atomic E-state index is 0.221. The summed E-state index contributed by atoms with van der Waals surface area (Å²) in [6.07, 6.45) is 1.89. The monoisotopic (exact) mass is 494 g/mol. The van der Waals surface area contributed by atoms with E-state index in [0.29, 0.717) is 11.7 Å². The van der Waals surface area contributed by atoms with Crippen LogP contribution in [0.25, 0.3) is 17.0 Å². The van der Waals surface area contributed by atoms with Gasteiger partial charge in [-0.2, -0.15) is 4.98 Å². The Kier molecular flexibility index (Phi) is 6.77. The number of amides is 2. The fourth-order valence-electron chi connectivity index (χ4n) is 4.60. The number of benzene rings is 3. The van der Waals surface area contributed by atoms with Crippen molar-refractivity contribution in [3.63, 3.8) is 0 Å². The normalized spacial score (nSPS) is 15.6. The Morgan fingerprint density at radius 3 is 2.14 bits per heavy atom. The molecule has 37 heavy (non-hydrogen) atoms. The molecule has 3 aromatic carbocycles. The zero-order chi connectivity index (χ0) is 25.9. The van der Waals surface area contributed by atoms with E-state index < -0.39 is 6.04 Å². The van der Waals surface area contributed by atoms with E-state index in [1.165, 1.54) is 11.1 Å². The second-order valence-electron chi connectivity index (χ2n) is 8.98. The van der Waals surface area contributed by atoms with Crippen LogP contribution in [0.5, 0.6) is 5.75 Å². The van der Waals surface area contributed by atoms with Crippen LogP contribution in [0.3, 0.4) is 0 Å². The Balaban J connectivity index is 1.61. The van der Waals surface area contributed by atoms with Crippen molar-refractivity contribution in [2.45, 2.75) is 39.7 Å². The lowest BCUT2D eigenvalue weighted by Gasteiger charge is -2.35. The molecule has 7 heteroatoms. The summed E-state index contributed by atoms with van der Waals surface area (Å²) in [5, 5.41) is 7.43. The smallest absolute Gasteiger partial charge is 0.326 e. The Morgan fingerprint density at radius 1 is 0.919 bits per heavy atom. The van der Waals surface area contributed by atoms with Gasteiger partial charge in [0.2, 0.25) is 5.82 Å². The minimum atomic E-state index is -0.472. The second-order valence-corrected chi connectivity index (χ2v) is 8.98. The van der Waals surface area contributed by atoms with E-state index in [9.17, 15) is 4.79 Å². The number of carbonyl (C=O) groups excluding carboxylic acids is 1. The molecule has 0 saturated carbocycles. The molecule has 7 nitrogen and oxygen atoms in total. The van der Waals surface area contributed by atoms with Gasteiger partial charge in [-0.1, -0.05) is 67.5 Å². The number of hydrogen-bond donors (Lipinski definition) is 1. The number of allylic oxidation sites excluding steroid dienone is 1. The molecule has 0 fully saturated rings. The van der Waals surface area contributed by atoms with Gasteiger partial charge in [0, 0.05) is 11.3 Å². The van der Waals surface area contributed by atoms with Crippen molar-refractivity contribution in [3.05, 3.63) is 101 Å². The maximum absolute atomic E-state index is 13.4. The van der Waals surface area contributed by atoms with Crippen LogP contribution in [0.2, 0.25) is 0 Å². The van der Waals surface area contributed by atoms with Crippen LogP contribution in [0, 0.1) is 0 Å². The third-order valence-electron chi connectivity index (χ3n) is 6.81. The summed E-state index contributed by atoms with van der Waals surface area (Å²) >= 11 is 0. The average molecular weight is 495 g/mol. The number of aromatic nitrogens is 2. The average Bonchev–Trinajstić information content (AvgIpc) is 3.43. The van der Waals surface area contributed by atoms with Crippen LogP contribution in [0.4, 0.5) is 10.5 Å². The highest BCUT2D eigenvalue weighted by atomic mass is 16.5. The maximum atomic E-state index is 13.4. The molecule has 1 N–H and O–H groups in total. The largest absolute Gasteiger partial charge is 0.497 e. The van der Waals surface area contributed by atoms with Crippen molar-refractivity contribution >= 4 is 17.3 Å². The molecule has 0 spiro atoms. The van der Waals surface area contributed by atoms with Crippen LogP contribution < -0.4 is 15.0 Å². The number of anilines is 1. The quantitative estimate of drug-likeness (QED) is 0.314. The molecule has 1 aliphatic rings. The van der Waals surface area contributed by atoms with E-state index in [-0.39, 0.29) is 6.03 Å². The SMILES string of the molecule is CCc1ccc(-c2noc(C3=C(C)N(c4ccc(CC)cc4)C(=O)NC3c3ccc(OC)cc3)n2)cc1. The van der Waals surface area contributed by atoms with E-state index >= 15 is 0 Å². The molecule has 0 aliphatic carbocycles. The Bertz CT molecular complexity index is 1420. The van der Waals surface area contributed by atoms with Gasteiger partial charge in [0.15, 0.2) is 0 Å². The molecule has 0 saturated heterocycles. The van der Waals surface area contributed by atoms with Crippen molar-refractivity contribution in [1.82, 2.24) is 15.5 Å². The lowest BCUT2D eigenvalue weighted by molar-refractivity contribution is 0.244. The lowest BCUT2D eigenvalue weighted by atomic mass is 9.94. The molecule has 1 atom stereocenters. The van der Waals surface area contributed by atoms with E-state index in [2.05, 4.69) is 36.5 Å². The molecule has 4 aromatic rings. The number of hydrogen-bond acceptors (Lipinski definition) is 5. The molecule has 1 aliphatic heterocycles. The van der Waals surface area contributed by atoms with E-state index in [1.807, 2.05) is 67.6 Å². The first-order valence-electron chi connectivity index (χ1n) is 12.5. The number of methoxy groups -OCH3 is 1. The predicted octanol–water partition coefficient (Wildman–Crippen LogP) is 6.57. The summed E-state index contributed by atoms with van der Waals surface area (Å²) < 4.78 is 11.1. The van der Waals surface area contributed by atoms with Crippen molar-refractivity contribution in [3.8, 4) is 17.1 Å². The van der Waals surface area contributed by atoms with Crippen LogP contribution in [0.15, 0.2) is 83.0 Å². The van der Waals surface area contributed by atoms with Gasteiger partial charge in [-0.3, -0.25) is 4.90 Å². The number of nitrogens with one attached hydrogen (secondary N) is 1. The Labute approximate surface area is 216 Å². The highest BCUT2D eigenvalue weighted by Crippen LogP contribution is 2.39. The maximum Gasteiger partial charge on any atom is 0.326 e. The molecule has 1 unspecified atom stereocenters. The highest BCUT2D eigenvalue weighted by Gasteiger charge is 2.36. The Hall–Kier alpha value is -4.39. The summed E-state index contributed by atoms with van der Waals surface area (Å²) in [6.45, 7) is 6.14. The molecule has 0 radical (unpaired) electrons. The van der Waals surface area contributed by atoms with Crippen molar-refractivity contribution in [2.75, 3.05) is 12.0 Å². The number of urea groups is 1. The first-order valence-corrected chi connectivity index (χ1v) is 12.5. The molecule has 188 valence electrons. The van der Waals surface area contributed by atoms with Crippen molar-refractivity contribution in [2.24, 2.45) is 0 Å². The zero-order valence-electron chi connectivity index (χ0n) is 21.5. The summed E-state index contributed by atoms with van der Waals surface area (Å²) in [7, 11) is 1.63. The predicted molar refractivity (Wildman–Crippen MR) is 144 cm³/mol. The summed E-state index contributed by atoms with van der Waals surface area (Å²) in [5.74, 6) is 1.60. The summed E-state index contributed by atoms with van der Waals surface area (Å²) in [4.78, 5) is 19.8. The lowest BCUT2D eigenvalue weighted by Crippen LogP contribution is -2.46. The molecular weight excluding hydrogens is 464 g/mol. The number of rotatable bonds is 7. The first kappa shape index (κ1) is 24.3. The summed E-state index contributed by atoms with van der Waals surface area (Å²) in [6, 6.07) is 23.1. The van der Waals surface area contributed by atoms with E-state index in [1.54, 1.807) is 12.0 Å². The van der Waals surface area contributed by atoms with Crippen LogP contribution in [-0.2, 0) is 12.8 Å². The van der Waals surface area contributed by atoms with Crippen LogP contribution in [-0.4, -0.2) is 23.3 Å². The van der Waals surface area contributed by atoms with Gasteiger partial charge in [-0.15, -0.1) is 0 Å². The molecule has 2 heterocycles. The van der Waals surface area contributed by atoms with E-state index in [4.69, 9.17) is 14.2 Å². The third-order valence-corrected chi connectivity index (χ3v) is 6.81. The standard InChI is InChI=1S/C30H30N4O3/c1-5-20-7-11-23(12-8-20)28-32-29(37-33-28)26-19(3)34(24-15-9-21(6-2)10-16-24)30(35)31-27(26)22-13-17-25(36-4)18-14-22/h7-18,27H,5-6H2,1-4H3,(H,31,35). The Morgan fingerprint density at radius 2 is 1.54 bits per heavy atom. The molecular formula is C30H30N4O3.